The number of hydrogen-bond donors (Lipinski definition) is 0. The van der Waals surface area contributed by atoms with Gasteiger partial charge in [-0.25, -0.2) is 8.42 Å². The highest BCUT2D eigenvalue weighted by atomic mass is 32.2. The molecule has 2 aliphatic rings. The highest BCUT2D eigenvalue weighted by Gasteiger charge is 2.34. The predicted molar refractivity (Wildman–Crippen MR) is 80.3 cm³/mol. The third kappa shape index (κ3) is 2.21. The zero-order valence-corrected chi connectivity index (χ0v) is 12.9. The first kappa shape index (κ1) is 13.8. The highest BCUT2D eigenvalue weighted by Crippen LogP contribution is 2.31. The fourth-order valence-corrected chi connectivity index (χ4v) is 4.66. The van der Waals surface area contributed by atoms with E-state index >= 15 is 0 Å². The van der Waals surface area contributed by atoms with Gasteiger partial charge in [0.1, 0.15) is 5.75 Å². The first-order valence-corrected chi connectivity index (χ1v) is 8.83. The van der Waals surface area contributed by atoms with Crippen molar-refractivity contribution in [2.45, 2.75) is 23.8 Å². The van der Waals surface area contributed by atoms with Crippen LogP contribution in [0, 0.1) is 0 Å². The lowest BCUT2D eigenvalue weighted by molar-refractivity contribution is 0.356. The zero-order valence-electron chi connectivity index (χ0n) is 12.1. The molecular weight excluding hydrogens is 302 g/mol. The van der Waals surface area contributed by atoms with Crippen molar-refractivity contribution in [1.29, 1.82) is 0 Å². The van der Waals surface area contributed by atoms with E-state index in [4.69, 9.17) is 4.74 Å². The maximum atomic E-state index is 12.8. The fourth-order valence-electron chi connectivity index (χ4n) is 3.11. The molecule has 116 valence electrons. The molecule has 1 aromatic heterocycles. The van der Waals surface area contributed by atoms with E-state index in [1.807, 2.05) is 16.9 Å². The molecule has 3 heterocycles. The summed E-state index contributed by atoms with van der Waals surface area (Å²) in [6, 6.07) is 7.12. The zero-order chi connectivity index (χ0) is 15.2. The molecule has 4 rings (SSSR count). The van der Waals surface area contributed by atoms with Crippen LogP contribution in [0.25, 0.3) is 0 Å². The van der Waals surface area contributed by atoms with E-state index in [0.29, 0.717) is 24.6 Å². The normalized spacial score (nSPS) is 21.7. The molecule has 0 spiro atoms. The van der Waals surface area contributed by atoms with Crippen molar-refractivity contribution in [2.75, 3.05) is 19.7 Å². The van der Waals surface area contributed by atoms with E-state index in [0.717, 1.165) is 24.2 Å². The number of nitrogens with zero attached hydrogens (tertiary/aromatic N) is 3. The van der Waals surface area contributed by atoms with Crippen LogP contribution in [0.4, 0.5) is 0 Å². The summed E-state index contributed by atoms with van der Waals surface area (Å²) in [5, 5.41) is 4.21. The molecule has 2 aliphatic heterocycles. The lowest BCUT2D eigenvalue weighted by Crippen LogP contribution is -2.29. The number of sulfonamides is 1. The van der Waals surface area contributed by atoms with Gasteiger partial charge in [0, 0.05) is 31.9 Å². The molecule has 1 fully saturated rings. The molecule has 6 nitrogen and oxygen atoms in total. The van der Waals surface area contributed by atoms with E-state index < -0.39 is 10.0 Å². The lowest BCUT2D eigenvalue weighted by Gasteiger charge is -2.17. The summed E-state index contributed by atoms with van der Waals surface area (Å²) in [4.78, 5) is 0.359. The summed E-state index contributed by atoms with van der Waals surface area (Å²) in [7, 11) is -3.45. The molecular formula is C15H17N3O3S. The second-order valence-electron chi connectivity index (χ2n) is 5.66. The molecule has 0 saturated carbocycles. The summed E-state index contributed by atoms with van der Waals surface area (Å²) in [6.07, 6.45) is 5.16. The van der Waals surface area contributed by atoms with E-state index in [2.05, 4.69) is 5.10 Å². The average molecular weight is 319 g/mol. The molecule has 0 bridgehead atoms. The molecule has 2 aromatic rings. The van der Waals surface area contributed by atoms with Crippen LogP contribution in [0.3, 0.4) is 0 Å². The third-order valence-corrected chi connectivity index (χ3v) is 6.18. The summed E-state index contributed by atoms with van der Waals surface area (Å²) in [5.74, 6) is 0.801. The molecule has 0 aliphatic carbocycles. The largest absolute Gasteiger partial charge is 0.493 e. The Morgan fingerprint density at radius 2 is 2.23 bits per heavy atom. The van der Waals surface area contributed by atoms with Crippen molar-refractivity contribution in [3.05, 3.63) is 42.2 Å². The standard InChI is InChI=1S/C15H17N3O3S/c19-22(20,14-2-3-15-12(10-14)5-9-21-15)17-8-4-13(11-17)18-7-1-6-16-18/h1-3,6-7,10,13H,4-5,8-9,11H2. The van der Waals surface area contributed by atoms with E-state index in [-0.39, 0.29) is 6.04 Å². The van der Waals surface area contributed by atoms with Gasteiger partial charge in [-0.15, -0.1) is 0 Å². The maximum Gasteiger partial charge on any atom is 0.243 e. The minimum Gasteiger partial charge on any atom is -0.493 e. The van der Waals surface area contributed by atoms with Crippen LogP contribution in [-0.2, 0) is 16.4 Å². The van der Waals surface area contributed by atoms with Gasteiger partial charge in [-0.2, -0.15) is 9.40 Å². The van der Waals surface area contributed by atoms with Crippen LogP contribution in [0.5, 0.6) is 5.75 Å². The van der Waals surface area contributed by atoms with Gasteiger partial charge in [0.25, 0.3) is 0 Å². The van der Waals surface area contributed by atoms with E-state index in [9.17, 15) is 8.42 Å². The van der Waals surface area contributed by atoms with Gasteiger partial charge in [-0.05, 0) is 36.2 Å². The van der Waals surface area contributed by atoms with Gasteiger partial charge in [0.05, 0.1) is 17.5 Å². The molecule has 0 radical (unpaired) electrons. The first-order chi connectivity index (χ1) is 10.6. The number of rotatable bonds is 3. The van der Waals surface area contributed by atoms with Gasteiger partial charge in [0.15, 0.2) is 0 Å². The average Bonchev–Trinajstić information content (AvgIpc) is 3.25. The Kier molecular flexibility index (Phi) is 3.19. The smallest absolute Gasteiger partial charge is 0.243 e. The maximum absolute atomic E-state index is 12.8. The van der Waals surface area contributed by atoms with Gasteiger partial charge in [-0.3, -0.25) is 4.68 Å². The molecule has 1 aromatic carbocycles. The Labute approximate surface area is 129 Å². The third-order valence-electron chi connectivity index (χ3n) is 4.32. The Balaban J connectivity index is 1.59. The molecule has 1 unspecified atom stereocenters. The Morgan fingerprint density at radius 1 is 1.32 bits per heavy atom. The minimum atomic E-state index is -3.45. The van der Waals surface area contributed by atoms with Crippen molar-refractivity contribution in [1.82, 2.24) is 14.1 Å². The lowest BCUT2D eigenvalue weighted by atomic mass is 10.2. The molecule has 0 N–H and O–H groups in total. The van der Waals surface area contributed by atoms with Crippen molar-refractivity contribution < 1.29 is 13.2 Å². The number of aromatic nitrogens is 2. The molecule has 1 saturated heterocycles. The second-order valence-corrected chi connectivity index (χ2v) is 7.60. The van der Waals surface area contributed by atoms with Crippen LogP contribution >= 0.6 is 0 Å². The second kappa shape index (κ2) is 5.10. The van der Waals surface area contributed by atoms with E-state index in [1.165, 1.54) is 0 Å². The monoisotopic (exact) mass is 319 g/mol. The molecule has 1 atom stereocenters. The summed E-state index contributed by atoms with van der Waals surface area (Å²) < 4.78 is 34.4. The molecule has 0 amide bonds. The quantitative estimate of drug-likeness (QED) is 0.859. The van der Waals surface area contributed by atoms with Crippen LogP contribution in [0.1, 0.15) is 18.0 Å². The molecule has 7 heteroatoms. The Hall–Kier alpha value is -1.86. The van der Waals surface area contributed by atoms with Crippen LogP contribution in [0.2, 0.25) is 0 Å². The van der Waals surface area contributed by atoms with Gasteiger partial charge >= 0.3 is 0 Å². The van der Waals surface area contributed by atoms with Gasteiger partial charge < -0.3 is 4.74 Å². The highest BCUT2D eigenvalue weighted by molar-refractivity contribution is 7.89. The summed E-state index contributed by atoms with van der Waals surface area (Å²) >= 11 is 0. The van der Waals surface area contributed by atoms with Crippen LogP contribution < -0.4 is 4.74 Å². The van der Waals surface area contributed by atoms with Crippen molar-refractivity contribution in [3.63, 3.8) is 0 Å². The number of hydrogen-bond acceptors (Lipinski definition) is 4. The number of fused-ring (bicyclic) bond motifs is 1. The van der Waals surface area contributed by atoms with Crippen LogP contribution in [-0.4, -0.2) is 42.2 Å². The number of ether oxygens (including phenoxy) is 1. The fraction of sp³-hybridized carbons (Fsp3) is 0.400. The summed E-state index contributed by atoms with van der Waals surface area (Å²) in [6.45, 7) is 1.63. The van der Waals surface area contributed by atoms with Crippen molar-refractivity contribution in [3.8, 4) is 5.75 Å². The van der Waals surface area contributed by atoms with Gasteiger partial charge in [-0.1, -0.05) is 0 Å². The van der Waals surface area contributed by atoms with E-state index in [1.54, 1.807) is 28.7 Å². The Morgan fingerprint density at radius 3 is 3.05 bits per heavy atom. The first-order valence-electron chi connectivity index (χ1n) is 7.39. The number of benzene rings is 1. The SMILES string of the molecule is O=S(=O)(c1ccc2c(c1)CCO2)N1CCC(n2cccn2)C1. The topological polar surface area (TPSA) is 64.4 Å². The van der Waals surface area contributed by atoms with Crippen molar-refractivity contribution >= 4 is 10.0 Å². The molecule has 22 heavy (non-hydrogen) atoms. The van der Waals surface area contributed by atoms with Gasteiger partial charge in [0.2, 0.25) is 10.0 Å². The predicted octanol–water partition coefficient (Wildman–Crippen LogP) is 1.45. The van der Waals surface area contributed by atoms with Crippen molar-refractivity contribution in [2.24, 2.45) is 0 Å². The van der Waals surface area contributed by atoms with Crippen LogP contribution in [0.15, 0.2) is 41.6 Å². The minimum absolute atomic E-state index is 0.113. The summed E-state index contributed by atoms with van der Waals surface area (Å²) in [5.41, 5.74) is 0.976. The Bertz CT molecular complexity index is 786.